The molecular formula is C30H35ClN4O4. The fraction of sp³-hybridized carbons (Fsp3) is 0.400. The fourth-order valence-corrected chi connectivity index (χ4v) is 5.33. The van der Waals surface area contributed by atoms with E-state index < -0.39 is 6.23 Å². The Hall–Kier alpha value is -3.17. The molecule has 1 N–H and O–H groups in total. The maximum absolute atomic E-state index is 13.8. The molecule has 2 atom stereocenters. The summed E-state index contributed by atoms with van der Waals surface area (Å²) in [5.74, 6) is 2.16. The molecule has 1 saturated heterocycles. The van der Waals surface area contributed by atoms with Crippen molar-refractivity contribution in [3.8, 4) is 11.4 Å². The molecule has 2 aliphatic rings. The number of aromatic nitrogens is 2. The molecule has 1 aliphatic carbocycles. The van der Waals surface area contributed by atoms with Crippen LogP contribution in [0.3, 0.4) is 0 Å². The van der Waals surface area contributed by atoms with E-state index in [-0.39, 0.29) is 18.2 Å². The fourth-order valence-electron chi connectivity index (χ4n) is 5.17. The summed E-state index contributed by atoms with van der Waals surface area (Å²) in [6.07, 6.45) is 4.54. The summed E-state index contributed by atoms with van der Waals surface area (Å²) >= 11 is 6.02. The van der Waals surface area contributed by atoms with Crippen molar-refractivity contribution in [2.75, 3.05) is 39.4 Å². The molecule has 2 unspecified atom stereocenters. The van der Waals surface area contributed by atoms with Gasteiger partial charge in [0, 0.05) is 37.6 Å². The number of fused-ring (bicyclic) bond motifs is 1. The minimum Gasteiger partial charge on any atom is -0.494 e. The number of halogens is 1. The third-order valence-electron chi connectivity index (χ3n) is 7.38. The molecular weight excluding hydrogens is 516 g/mol. The molecule has 1 aliphatic heterocycles. The van der Waals surface area contributed by atoms with Gasteiger partial charge in [-0.2, -0.15) is 0 Å². The lowest BCUT2D eigenvalue weighted by atomic mass is 10.1. The van der Waals surface area contributed by atoms with Crippen LogP contribution in [0.2, 0.25) is 0 Å². The van der Waals surface area contributed by atoms with Gasteiger partial charge >= 0.3 is 0 Å². The third kappa shape index (κ3) is 6.04. The normalized spacial score (nSPS) is 18.4. The van der Waals surface area contributed by atoms with Crippen LogP contribution in [0.1, 0.15) is 38.6 Å². The summed E-state index contributed by atoms with van der Waals surface area (Å²) < 4.78 is 13.4. The number of ether oxygens (including phenoxy) is 2. The molecule has 2 aromatic carbocycles. The molecule has 8 nitrogen and oxygen atoms in total. The quantitative estimate of drug-likeness (QED) is 0.417. The van der Waals surface area contributed by atoms with Gasteiger partial charge in [0.2, 0.25) is 0 Å². The maximum Gasteiger partial charge on any atom is 0.266 e. The van der Waals surface area contributed by atoms with Crippen LogP contribution in [0.15, 0.2) is 76.3 Å². The van der Waals surface area contributed by atoms with Crippen LogP contribution in [0.5, 0.6) is 5.75 Å². The first kappa shape index (κ1) is 27.4. The van der Waals surface area contributed by atoms with Gasteiger partial charge in [-0.1, -0.05) is 35.9 Å². The lowest BCUT2D eigenvalue weighted by Crippen LogP contribution is -2.52. The number of hydrogen-bond acceptors (Lipinski definition) is 7. The standard InChI is InChI=1S/C30H35ClN4O4/c1-3-38-27-11-7-6-10-26(27)35-29(32-25-9-5-4-8-24(25)30(35)37)21(2)33-16-18-34(19-17-33)28(36)20-39-23-14-12-22(31)13-15-23/h4-12,14,21,28,36H,3,13,15-20H2,1-2H3. The molecule has 39 heavy (non-hydrogen) atoms. The van der Waals surface area contributed by atoms with Crippen molar-refractivity contribution in [1.29, 1.82) is 0 Å². The second kappa shape index (κ2) is 12.3. The van der Waals surface area contributed by atoms with Crippen molar-refractivity contribution < 1.29 is 14.6 Å². The summed E-state index contributed by atoms with van der Waals surface area (Å²) in [4.78, 5) is 23.2. The van der Waals surface area contributed by atoms with Gasteiger partial charge in [0.15, 0.2) is 0 Å². The van der Waals surface area contributed by atoms with E-state index >= 15 is 0 Å². The van der Waals surface area contributed by atoms with Crippen molar-refractivity contribution >= 4 is 22.5 Å². The number of hydrogen-bond donors (Lipinski definition) is 1. The highest BCUT2D eigenvalue weighted by molar-refractivity contribution is 6.29. The molecule has 3 aromatic rings. The topological polar surface area (TPSA) is 80.1 Å². The van der Waals surface area contributed by atoms with E-state index in [9.17, 15) is 9.90 Å². The van der Waals surface area contributed by atoms with E-state index in [0.29, 0.717) is 47.9 Å². The predicted molar refractivity (Wildman–Crippen MR) is 153 cm³/mol. The first-order valence-electron chi connectivity index (χ1n) is 13.5. The molecule has 0 spiro atoms. The summed E-state index contributed by atoms with van der Waals surface area (Å²) in [6.45, 7) is 7.50. The molecule has 9 heteroatoms. The Balaban J connectivity index is 1.35. The van der Waals surface area contributed by atoms with E-state index in [2.05, 4.69) is 11.8 Å². The van der Waals surface area contributed by atoms with E-state index in [0.717, 1.165) is 36.7 Å². The molecule has 0 saturated carbocycles. The first-order valence-corrected chi connectivity index (χ1v) is 13.9. The van der Waals surface area contributed by atoms with Crippen LogP contribution in [0.4, 0.5) is 0 Å². The van der Waals surface area contributed by atoms with Crippen LogP contribution < -0.4 is 10.3 Å². The van der Waals surface area contributed by atoms with Crippen molar-refractivity contribution in [3.63, 3.8) is 0 Å². The van der Waals surface area contributed by atoms with E-state index in [4.69, 9.17) is 26.1 Å². The van der Waals surface area contributed by atoms with Crippen LogP contribution in [0.25, 0.3) is 16.6 Å². The Labute approximate surface area is 233 Å². The number of benzene rings is 2. The zero-order valence-electron chi connectivity index (χ0n) is 22.4. The number of aliphatic hydroxyl groups excluding tert-OH is 1. The van der Waals surface area contributed by atoms with Gasteiger partial charge in [-0.15, -0.1) is 0 Å². The first-order chi connectivity index (χ1) is 19.0. The van der Waals surface area contributed by atoms with Crippen molar-refractivity contribution in [1.82, 2.24) is 19.4 Å². The van der Waals surface area contributed by atoms with Gasteiger partial charge in [0.1, 0.15) is 24.4 Å². The smallest absolute Gasteiger partial charge is 0.266 e. The highest BCUT2D eigenvalue weighted by Gasteiger charge is 2.29. The van der Waals surface area contributed by atoms with Crippen LogP contribution in [-0.4, -0.2) is 70.1 Å². The third-order valence-corrected chi connectivity index (χ3v) is 7.69. The predicted octanol–water partition coefficient (Wildman–Crippen LogP) is 4.60. The summed E-state index contributed by atoms with van der Waals surface area (Å²) in [6, 6.07) is 14.9. The van der Waals surface area contributed by atoms with Gasteiger partial charge in [0.05, 0.1) is 35.0 Å². The zero-order valence-corrected chi connectivity index (χ0v) is 23.2. The molecule has 206 valence electrons. The minimum atomic E-state index is -0.695. The molecule has 5 rings (SSSR count). The van der Waals surface area contributed by atoms with Gasteiger partial charge in [-0.25, -0.2) is 4.98 Å². The second-order valence-electron chi connectivity index (χ2n) is 9.81. The average molecular weight is 551 g/mol. The number of para-hydroxylation sites is 3. The minimum absolute atomic E-state index is 0.117. The SMILES string of the molecule is CCOc1ccccc1-n1c(C(C)N2CCN(C(O)COC3=CC=C(Cl)CC3)CC2)nc2ccccc2c1=O. The summed E-state index contributed by atoms with van der Waals surface area (Å²) in [5.41, 5.74) is 1.24. The Morgan fingerprint density at radius 2 is 1.69 bits per heavy atom. The van der Waals surface area contributed by atoms with Crippen LogP contribution in [0, 0.1) is 0 Å². The summed E-state index contributed by atoms with van der Waals surface area (Å²) in [5, 5.41) is 12.2. The Bertz CT molecular complexity index is 1430. The summed E-state index contributed by atoms with van der Waals surface area (Å²) in [7, 11) is 0. The van der Waals surface area contributed by atoms with Crippen molar-refractivity contribution in [2.45, 2.75) is 39.0 Å². The average Bonchev–Trinajstić information content (AvgIpc) is 2.97. The van der Waals surface area contributed by atoms with Gasteiger partial charge in [0.25, 0.3) is 5.56 Å². The van der Waals surface area contributed by atoms with E-state index in [1.54, 1.807) is 4.57 Å². The zero-order chi connectivity index (χ0) is 27.4. The molecule has 0 bridgehead atoms. The second-order valence-corrected chi connectivity index (χ2v) is 10.3. The van der Waals surface area contributed by atoms with E-state index in [1.807, 2.05) is 72.5 Å². The van der Waals surface area contributed by atoms with Crippen LogP contribution >= 0.6 is 11.6 Å². The largest absolute Gasteiger partial charge is 0.494 e. The highest BCUT2D eigenvalue weighted by Crippen LogP contribution is 2.28. The maximum atomic E-state index is 13.8. The number of piperazine rings is 1. The lowest BCUT2D eigenvalue weighted by molar-refractivity contribution is -0.0670. The van der Waals surface area contributed by atoms with E-state index in [1.165, 1.54) is 0 Å². The number of aliphatic hydroxyl groups is 1. The molecule has 0 amide bonds. The number of nitrogens with zero attached hydrogens (tertiary/aromatic N) is 4. The molecule has 2 heterocycles. The van der Waals surface area contributed by atoms with Gasteiger partial charge in [-0.05, 0) is 56.7 Å². The van der Waals surface area contributed by atoms with Crippen molar-refractivity contribution in [3.05, 3.63) is 87.7 Å². The monoisotopic (exact) mass is 550 g/mol. The lowest BCUT2D eigenvalue weighted by Gasteiger charge is -2.40. The van der Waals surface area contributed by atoms with Gasteiger partial charge in [-0.3, -0.25) is 19.2 Å². The Morgan fingerprint density at radius 3 is 2.44 bits per heavy atom. The van der Waals surface area contributed by atoms with Crippen LogP contribution in [-0.2, 0) is 4.74 Å². The Kier molecular flexibility index (Phi) is 8.67. The van der Waals surface area contributed by atoms with Crippen molar-refractivity contribution in [2.24, 2.45) is 0 Å². The molecule has 0 radical (unpaired) electrons. The number of allylic oxidation sites excluding steroid dienone is 4. The Morgan fingerprint density at radius 1 is 0.974 bits per heavy atom. The molecule has 1 aromatic heterocycles. The highest BCUT2D eigenvalue weighted by atomic mass is 35.5. The van der Waals surface area contributed by atoms with Gasteiger partial charge < -0.3 is 14.6 Å². The number of rotatable bonds is 9. The molecule has 1 fully saturated rings.